The van der Waals surface area contributed by atoms with Crippen molar-refractivity contribution in [3.63, 3.8) is 0 Å². The number of rotatable bonds is 5. The number of carbonyl (C=O) groups is 3. The zero-order valence-corrected chi connectivity index (χ0v) is 14.9. The summed E-state index contributed by atoms with van der Waals surface area (Å²) in [7, 11) is 0. The minimum Gasteiger partial charge on any atom is -0.467 e. The normalized spacial score (nSPS) is 10.5. The van der Waals surface area contributed by atoms with Gasteiger partial charge in [0.1, 0.15) is 11.3 Å². The van der Waals surface area contributed by atoms with Crippen LogP contribution in [0.5, 0.6) is 0 Å². The second-order valence-corrected chi connectivity index (χ2v) is 5.94. The van der Waals surface area contributed by atoms with Gasteiger partial charge in [-0.3, -0.25) is 14.9 Å². The molecule has 0 bridgehead atoms. The number of furan rings is 1. The predicted octanol–water partition coefficient (Wildman–Crippen LogP) is 2.22. The standard InChI is InChI=1S/C18H13ClN2O7/c19-10-3-4-14-12(6-10)13(22)7-15(28-14)17(24)27-9-16(23)21-18(25)20-8-11-2-1-5-26-11/h1-7H,8-9H2,(H2,20,21,23,25). The van der Waals surface area contributed by atoms with Gasteiger partial charge < -0.3 is 18.9 Å². The number of halogens is 1. The molecule has 0 aliphatic rings. The molecular weight excluding hydrogens is 392 g/mol. The largest absolute Gasteiger partial charge is 0.467 e. The number of ether oxygens (including phenoxy) is 1. The fourth-order valence-electron chi connectivity index (χ4n) is 2.22. The van der Waals surface area contributed by atoms with Gasteiger partial charge in [-0.15, -0.1) is 0 Å². The van der Waals surface area contributed by atoms with Crippen molar-refractivity contribution < 1.29 is 28.0 Å². The molecule has 3 rings (SSSR count). The monoisotopic (exact) mass is 404 g/mol. The molecule has 0 fully saturated rings. The highest BCUT2D eigenvalue weighted by atomic mass is 35.5. The summed E-state index contributed by atoms with van der Waals surface area (Å²) in [6.07, 6.45) is 1.44. The topological polar surface area (TPSA) is 128 Å². The van der Waals surface area contributed by atoms with Crippen molar-refractivity contribution in [2.75, 3.05) is 6.61 Å². The Balaban J connectivity index is 1.54. The predicted molar refractivity (Wildman–Crippen MR) is 96.9 cm³/mol. The van der Waals surface area contributed by atoms with Crippen LogP contribution in [0.3, 0.4) is 0 Å². The number of hydrogen-bond donors (Lipinski definition) is 2. The molecule has 28 heavy (non-hydrogen) atoms. The van der Waals surface area contributed by atoms with Crippen molar-refractivity contribution in [2.45, 2.75) is 6.54 Å². The van der Waals surface area contributed by atoms with E-state index in [0.717, 1.165) is 6.07 Å². The van der Waals surface area contributed by atoms with Gasteiger partial charge in [-0.1, -0.05) is 11.6 Å². The molecule has 0 unspecified atom stereocenters. The van der Waals surface area contributed by atoms with Crippen molar-refractivity contribution in [1.29, 1.82) is 0 Å². The van der Waals surface area contributed by atoms with E-state index in [4.69, 9.17) is 25.2 Å². The van der Waals surface area contributed by atoms with Crippen LogP contribution in [0, 0.1) is 0 Å². The molecule has 0 atom stereocenters. The first-order valence-electron chi connectivity index (χ1n) is 7.93. The van der Waals surface area contributed by atoms with E-state index >= 15 is 0 Å². The Hall–Kier alpha value is -3.59. The summed E-state index contributed by atoms with van der Waals surface area (Å²) < 4.78 is 15.1. The number of hydrogen-bond acceptors (Lipinski definition) is 7. The Bertz CT molecular complexity index is 1090. The van der Waals surface area contributed by atoms with Gasteiger partial charge in [0.15, 0.2) is 12.0 Å². The fourth-order valence-corrected chi connectivity index (χ4v) is 2.39. The van der Waals surface area contributed by atoms with Gasteiger partial charge in [0.25, 0.3) is 5.91 Å². The van der Waals surface area contributed by atoms with E-state index in [1.165, 1.54) is 24.5 Å². The van der Waals surface area contributed by atoms with Gasteiger partial charge in [0.2, 0.25) is 5.76 Å². The molecule has 0 aliphatic carbocycles. The van der Waals surface area contributed by atoms with Crippen LogP contribution in [0.2, 0.25) is 5.02 Å². The molecule has 0 aliphatic heterocycles. The second kappa shape index (κ2) is 8.40. The van der Waals surface area contributed by atoms with Crippen LogP contribution in [-0.2, 0) is 16.1 Å². The number of imide groups is 1. The number of fused-ring (bicyclic) bond motifs is 1. The molecule has 2 aromatic heterocycles. The molecule has 2 heterocycles. The quantitative estimate of drug-likeness (QED) is 0.624. The van der Waals surface area contributed by atoms with Gasteiger partial charge in [0.05, 0.1) is 18.2 Å². The summed E-state index contributed by atoms with van der Waals surface area (Å²) in [5, 5.41) is 4.92. The Labute approximate surface area is 162 Å². The minimum absolute atomic E-state index is 0.0815. The van der Waals surface area contributed by atoms with Crippen LogP contribution in [-0.4, -0.2) is 24.5 Å². The minimum atomic E-state index is -1.03. The SMILES string of the molecule is O=C(COC(=O)c1cc(=O)c2cc(Cl)ccc2o1)NC(=O)NCc1ccco1. The summed E-state index contributed by atoms with van der Waals surface area (Å²) >= 11 is 5.82. The van der Waals surface area contributed by atoms with E-state index in [2.05, 4.69) is 5.32 Å². The number of amides is 3. The van der Waals surface area contributed by atoms with Gasteiger partial charge in [-0.25, -0.2) is 9.59 Å². The maximum atomic E-state index is 12.0. The summed E-state index contributed by atoms with van der Waals surface area (Å²) in [6.45, 7) is -0.659. The number of carbonyl (C=O) groups excluding carboxylic acids is 3. The molecule has 0 saturated heterocycles. The number of benzene rings is 1. The van der Waals surface area contributed by atoms with Crippen LogP contribution >= 0.6 is 11.6 Å². The van der Waals surface area contributed by atoms with E-state index in [-0.39, 0.29) is 23.3 Å². The summed E-state index contributed by atoms with van der Waals surface area (Å²) in [4.78, 5) is 47.3. The lowest BCUT2D eigenvalue weighted by atomic mass is 10.2. The van der Waals surface area contributed by atoms with Crippen molar-refractivity contribution >= 4 is 40.5 Å². The van der Waals surface area contributed by atoms with Crippen molar-refractivity contribution in [3.8, 4) is 0 Å². The van der Waals surface area contributed by atoms with Gasteiger partial charge in [-0.05, 0) is 30.3 Å². The molecule has 2 N–H and O–H groups in total. The molecule has 144 valence electrons. The molecule has 0 spiro atoms. The first kappa shape index (κ1) is 19.2. The number of nitrogens with one attached hydrogen (secondary N) is 2. The average Bonchev–Trinajstić information content (AvgIpc) is 3.18. The Morgan fingerprint density at radius 3 is 2.71 bits per heavy atom. The lowest BCUT2D eigenvalue weighted by Gasteiger charge is -2.07. The Kier molecular flexibility index (Phi) is 5.75. The van der Waals surface area contributed by atoms with Crippen molar-refractivity contribution in [3.05, 3.63) is 69.4 Å². The van der Waals surface area contributed by atoms with Crippen LogP contribution in [0.4, 0.5) is 4.79 Å². The lowest BCUT2D eigenvalue weighted by molar-refractivity contribution is -0.123. The molecule has 3 amide bonds. The highest BCUT2D eigenvalue weighted by Gasteiger charge is 2.16. The summed E-state index contributed by atoms with van der Waals surface area (Å²) in [5.41, 5.74) is -0.344. The first-order chi connectivity index (χ1) is 13.4. The van der Waals surface area contributed by atoms with Crippen molar-refractivity contribution in [1.82, 2.24) is 10.6 Å². The van der Waals surface area contributed by atoms with Crippen molar-refractivity contribution in [2.24, 2.45) is 0 Å². The zero-order chi connectivity index (χ0) is 20.1. The van der Waals surface area contributed by atoms with E-state index < -0.39 is 29.9 Å². The second-order valence-electron chi connectivity index (χ2n) is 5.50. The number of esters is 1. The third kappa shape index (κ3) is 4.77. The maximum absolute atomic E-state index is 12.0. The summed E-state index contributed by atoms with van der Waals surface area (Å²) in [6, 6.07) is 7.80. The highest BCUT2D eigenvalue weighted by Crippen LogP contribution is 2.18. The van der Waals surface area contributed by atoms with Crippen LogP contribution < -0.4 is 16.1 Å². The third-order valence-corrected chi connectivity index (χ3v) is 3.72. The van der Waals surface area contributed by atoms with E-state index in [0.29, 0.717) is 10.8 Å². The van der Waals surface area contributed by atoms with Crippen LogP contribution in [0.25, 0.3) is 11.0 Å². The van der Waals surface area contributed by atoms with Gasteiger partial charge in [0, 0.05) is 11.1 Å². The average molecular weight is 405 g/mol. The molecule has 0 radical (unpaired) electrons. The first-order valence-corrected chi connectivity index (χ1v) is 8.31. The van der Waals surface area contributed by atoms with Gasteiger partial charge in [-0.2, -0.15) is 0 Å². The maximum Gasteiger partial charge on any atom is 0.374 e. The van der Waals surface area contributed by atoms with Crippen LogP contribution in [0.1, 0.15) is 16.3 Å². The molecule has 3 aromatic rings. The summed E-state index contributed by atoms with van der Waals surface area (Å²) in [5.74, 6) is -1.77. The molecule has 1 aromatic carbocycles. The molecule has 0 saturated carbocycles. The Morgan fingerprint density at radius 2 is 1.96 bits per heavy atom. The van der Waals surface area contributed by atoms with E-state index in [1.54, 1.807) is 12.1 Å². The Morgan fingerprint density at radius 1 is 1.14 bits per heavy atom. The van der Waals surface area contributed by atoms with E-state index in [1.807, 2.05) is 5.32 Å². The number of urea groups is 1. The molecule has 9 nitrogen and oxygen atoms in total. The highest BCUT2D eigenvalue weighted by molar-refractivity contribution is 6.31. The third-order valence-electron chi connectivity index (χ3n) is 3.48. The van der Waals surface area contributed by atoms with Crippen LogP contribution in [0.15, 0.2) is 56.3 Å². The lowest BCUT2D eigenvalue weighted by Crippen LogP contribution is -2.41. The zero-order valence-electron chi connectivity index (χ0n) is 14.2. The van der Waals surface area contributed by atoms with E-state index in [9.17, 15) is 19.2 Å². The fraction of sp³-hybridized carbons (Fsp3) is 0.111. The smallest absolute Gasteiger partial charge is 0.374 e. The molecule has 10 heteroatoms. The molecular formula is C18H13ClN2O7. The van der Waals surface area contributed by atoms with Gasteiger partial charge >= 0.3 is 12.0 Å².